The van der Waals surface area contributed by atoms with Crippen molar-refractivity contribution < 1.29 is 24.2 Å². The van der Waals surface area contributed by atoms with Gasteiger partial charge in [-0.05, 0) is 60.4 Å². The molecular formula is C38H41N5O5. The number of ether oxygens (including phenoxy) is 2. The Morgan fingerprint density at radius 3 is 2.38 bits per heavy atom. The van der Waals surface area contributed by atoms with Crippen molar-refractivity contribution in [2.45, 2.75) is 70.2 Å². The third-order valence-corrected chi connectivity index (χ3v) is 8.53. The van der Waals surface area contributed by atoms with Gasteiger partial charge in [0.2, 0.25) is 11.8 Å². The van der Waals surface area contributed by atoms with E-state index in [2.05, 4.69) is 26.3 Å². The number of nitrogen functional groups attached to an aromatic ring is 1. The number of carbonyl (C=O) groups is 2. The molecule has 2 heterocycles. The number of nitrogens with one attached hydrogen (secondary N) is 2. The zero-order chi connectivity index (χ0) is 33.3. The summed E-state index contributed by atoms with van der Waals surface area (Å²) in [7, 11) is 0. The number of carbonyl (C=O) groups excluding carboxylic acids is 2. The van der Waals surface area contributed by atoms with Gasteiger partial charge in [0.05, 0.1) is 54.1 Å². The summed E-state index contributed by atoms with van der Waals surface area (Å²) in [4.78, 5) is 29.6. The van der Waals surface area contributed by atoms with E-state index in [0.717, 1.165) is 34.1 Å². The Morgan fingerprint density at radius 2 is 1.58 bits per heavy atom. The second-order valence-corrected chi connectivity index (χ2v) is 12.1. The molecule has 10 nitrogen and oxygen atoms in total. The van der Waals surface area contributed by atoms with Gasteiger partial charge in [-0.25, -0.2) is 4.98 Å². The van der Waals surface area contributed by atoms with Crippen LogP contribution in [0.15, 0.2) is 103 Å². The van der Waals surface area contributed by atoms with Crippen LogP contribution in [-0.2, 0) is 32.2 Å². The number of nitrogens with two attached hydrogens (primary N) is 1. The molecular weight excluding hydrogens is 606 g/mol. The molecule has 4 aromatic carbocycles. The first-order valence-corrected chi connectivity index (χ1v) is 16.4. The van der Waals surface area contributed by atoms with Crippen molar-refractivity contribution in [2.24, 2.45) is 0 Å². The number of para-hydroxylation sites is 4. The average Bonchev–Trinajstić information content (AvgIpc) is 3.51. The van der Waals surface area contributed by atoms with E-state index in [1.807, 2.05) is 85.2 Å². The number of rotatable bonds is 13. The van der Waals surface area contributed by atoms with E-state index in [0.29, 0.717) is 55.7 Å². The molecule has 0 radical (unpaired) electrons. The molecule has 0 unspecified atom stereocenters. The van der Waals surface area contributed by atoms with Gasteiger partial charge >= 0.3 is 0 Å². The molecule has 1 aliphatic heterocycles. The summed E-state index contributed by atoms with van der Waals surface area (Å²) in [6.45, 7) is 0.582. The second-order valence-electron chi connectivity index (χ2n) is 12.1. The minimum absolute atomic E-state index is 0.0196. The first-order chi connectivity index (χ1) is 23.4. The Bertz CT molecular complexity index is 1840. The third-order valence-electron chi connectivity index (χ3n) is 8.53. The normalized spacial score (nSPS) is 17.6. The predicted octanol–water partition coefficient (Wildman–Crippen LogP) is 6.88. The topological polar surface area (TPSA) is 141 Å². The maximum Gasteiger partial charge on any atom is 0.224 e. The number of imidazole rings is 1. The zero-order valence-electron chi connectivity index (χ0n) is 26.8. The van der Waals surface area contributed by atoms with Crippen molar-refractivity contribution in [3.8, 4) is 0 Å². The lowest BCUT2D eigenvalue weighted by Crippen LogP contribution is -2.32. The van der Waals surface area contributed by atoms with Gasteiger partial charge in [0.15, 0.2) is 6.29 Å². The molecule has 248 valence electrons. The Morgan fingerprint density at radius 1 is 0.833 bits per heavy atom. The fraction of sp³-hybridized carbons (Fsp3) is 0.289. The number of amides is 2. The minimum Gasteiger partial charge on any atom is -0.397 e. The molecule has 6 rings (SSSR count). The summed E-state index contributed by atoms with van der Waals surface area (Å²) in [5.74, 6) is -0.183. The molecule has 10 heteroatoms. The smallest absolute Gasteiger partial charge is 0.224 e. The average molecular weight is 648 g/mol. The Hall–Kier alpha value is -5.03. The van der Waals surface area contributed by atoms with Gasteiger partial charge in [-0.2, -0.15) is 0 Å². The van der Waals surface area contributed by atoms with Crippen molar-refractivity contribution in [2.75, 3.05) is 16.4 Å². The van der Waals surface area contributed by atoms with E-state index < -0.39 is 6.29 Å². The van der Waals surface area contributed by atoms with E-state index in [-0.39, 0.29) is 30.6 Å². The van der Waals surface area contributed by atoms with E-state index in [9.17, 15) is 14.7 Å². The van der Waals surface area contributed by atoms with Gasteiger partial charge in [0.1, 0.15) is 0 Å². The number of nitrogens with zero attached hydrogens (tertiary/aromatic N) is 2. The van der Waals surface area contributed by atoms with Gasteiger partial charge in [-0.1, -0.05) is 67.1 Å². The van der Waals surface area contributed by atoms with E-state index in [4.69, 9.17) is 15.2 Å². The maximum absolute atomic E-state index is 12.8. The number of hydrogen-bond acceptors (Lipinski definition) is 7. The van der Waals surface area contributed by atoms with Crippen molar-refractivity contribution in [1.82, 2.24) is 9.55 Å². The number of benzene rings is 4. The molecule has 1 aliphatic rings. The molecule has 2 amide bonds. The number of aliphatic hydroxyl groups is 1. The molecule has 0 saturated carbocycles. The number of anilines is 3. The number of aliphatic hydroxyl groups excluding tert-OH is 1. The zero-order valence-corrected chi connectivity index (χ0v) is 26.8. The number of aromatic nitrogens is 2. The van der Waals surface area contributed by atoms with Gasteiger partial charge < -0.3 is 35.5 Å². The predicted molar refractivity (Wildman–Crippen MR) is 186 cm³/mol. The van der Waals surface area contributed by atoms with E-state index in [1.165, 1.54) is 0 Å². The highest BCUT2D eigenvalue weighted by atomic mass is 16.7. The quantitative estimate of drug-likeness (QED) is 0.0806. The lowest BCUT2D eigenvalue weighted by molar-refractivity contribution is -0.252. The molecule has 1 aromatic heterocycles. The number of unbranched alkanes of at least 4 members (excludes halogenated alkanes) is 2. The van der Waals surface area contributed by atoms with Crippen LogP contribution in [0.5, 0.6) is 0 Å². The van der Waals surface area contributed by atoms with Crippen LogP contribution in [0.3, 0.4) is 0 Å². The van der Waals surface area contributed by atoms with Gasteiger partial charge in [-0.3, -0.25) is 9.59 Å². The summed E-state index contributed by atoms with van der Waals surface area (Å²) in [6.07, 6.45) is 4.23. The molecule has 1 saturated heterocycles. The van der Waals surface area contributed by atoms with E-state index in [1.54, 1.807) is 12.1 Å². The van der Waals surface area contributed by atoms with Crippen molar-refractivity contribution in [3.05, 3.63) is 120 Å². The lowest BCUT2D eigenvalue weighted by atomic mass is 10.00. The molecule has 5 aromatic rings. The fourth-order valence-electron chi connectivity index (χ4n) is 5.97. The highest BCUT2D eigenvalue weighted by Crippen LogP contribution is 2.39. The summed E-state index contributed by atoms with van der Waals surface area (Å²) in [5, 5.41) is 15.4. The van der Waals surface area contributed by atoms with Crippen LogP contribution in [0.1, 0.15) is 67.6 Å². The van der Waals surface area contributed by atoms with Crippen molar-refractivity contribution in [3.63, 3.8) is 0 Å². The number of fused-ring (bicyclic) bond motifs is 1. The van der Waals surface area contributed by atoms with Gasteiger partial charge in [0.25, 0.3) is 0 Å². The maximum atomic E-state index is 12.8. The standard InChI is InChI=1S/C38H41N5O5/c39-31-11-4-5-12-32(31)42-37(46)16-3-1-2-15-36(45)41-29-10-8-9-28(21-29)38-47-30(23-43-25-40-33-13-6-7-14-34(33)43)22-35(48-38)27-19-17-26(24-44)18-20-27/h4-14,17-21,25,30,35,38,44H,1-3,15-16,22-24,39H2,(H,41,45)(H,42,46)/t30-,35+,38+/m1/s1. The van der Waals surface area contributed by atoms with Gasteiger partial charge in [-0.15, -0.1) is 0 Å². The van der Waals surface area contributed by atoms with Crippen molar-refractivity contribution in [1.29, 1.82) is 0 Å². The SMILES string of the molecule is Nc1ccccc1NC(=O)CCCCCC(=O)Nc1cccc([C@H]2O[C@@H](Cn3cnc4ccccc43)C[C@@H](c3ccc(CO)cc3)O2)c1. The Balaban J connectivity index is 1.06. The van der Waals surface area contributed by atoms with Crippen LogP contribution in [0.25, 0.3) is 11.0 Å². The second kappa shape index (κ2) is 15.7. The number of hydrogen-bond donors (Lipinski definition) is 4. The highest BCUT2D eigenvalue weighted by Gasteiger charge is 2.33. The molecule has 5 N–H and O–H groups in total. The molecule has 3 atom stereocenters. The summed E-state index contributed by atoms with van der Waals surface area (Å²) in [6, 6.07) is 30.6. The van der Waals surface area contributed by atoms with Gasteiger partial charge in [0, 0.05) is 30.5 Å². The first-order valence-electron chi connectivity index (χ1n) is 16.4. The Labute approximate surface area is 279 Å². The van der Waals surface area contributed by atoms with E-state index >= 15 is 0 Å². The molecule has 1 fully saturated rings. The summed E-state index contributed by atoms with van der Waals surface area (Å²) >= 11 is 0. The van der Waals surface area contributed by atoms with Crippen LogP contribution in [0, 0.1) is 0 Å². The summed E-state index contributed by atoms with van der Waals surface area (Å²) in [5.41, 5.74) is 12.3. The summed E-state index contributed by atoms with van der Waals surface area (Å²) < 4.78 is 15.2. The fourth-order valence-corrected chi connectivity index (χ4v) is 5.97. The van der Waals surface area contributed by atoms with Crippen molar-refractivity contribution >= 4 is 39.9 Å². The van der Waals surface area contributed by atoms with Crippen LogP contribution >= 0.6 is 0 Å². The molecule has 0 aliphatic carbocycles. The minimum atomic E-state index is -0.657. The van der Waals surface area contributed by atoms with Crippen LogP contribution in [0.4, 0.5) is 17.1 Å². The highest BCUT2D eigenvalue weighted by molar-refractivity contribution is 5.93. The third kappa shape index (κ3) is 8.46. The van der Waals surface area contributed by atoms with Crippen LogP contribution in [0.2, 0.25) is 0 Å². The molecule has 0 spiro atoms. The molecule has 0 bridgehead atoms. The monoisotopic (exact) mass is 647 g/mol. The lowest BCUT2D eigenvalue weighted by Gasteiger charge is -2.36. The largest absolute Gasteiger partial charge is 0.397 e. The van der Waals surface area contributed by atoms with Crippen LogP contribution in [-0.4, -0.2) is 32.6 Å². The molecule has 48 heavy (non-hydrogen) atoms. The first kappa shape index (κ1) is 32.9. The van der Waals surface area contributed by atoms with Crippen LogP contribution < -0.4 is 16.4 Å². The Kier molecular flexibility index (Phi) is 10.8.